The molecule has 2 aliphatic rings. The molecule has 2 aliphatic carbocycles. The maximum Gasteiger partial charge on any atom is 0.119 e. The molecule has 0 saturated heterocycles. The highest BCUT2D eigenvalue weighted by Crippen LogP contribution is 2.35. The molecule has 1 aromatic rings. The van der Waals surface area contributed by atoms with E-state index in [-0.39, 0.29) is 0 Å². The van der Waals surface area contributed by atoms with Gasteiger partial charge in [-0.05, 0) is 55.0 Å². The average Bonchev–Trinajstić information content (AvgIpc) is 3.10. The predicted molar refractivity (Wildman–Crippen MR) is 69.4 cm³/mol. The second-order valence-corrected chi connectivity index (χ2v) is 5.34. The molecule has 3 rings (SSSR count). The second-order valence-electron chi connectivity index (χ2n) is 5.34. The number of aryl methyl sites for hydroxylation is 1. The molecular formula is C15H21NO. The lowest BCUT2D eigenvalue weighted by molar-refractivity contribution is 0.413. The van der Waals surface area contributed by atoms with Gasteiger partial charge >= 0.3 is 0 Å². The first-order valence-corrected chi connectivity index (χ1v) is 6.77. The first kappa shape index (κ1) is 11.1. The number of rotatable bonds is 5. The molecule has 1 fully saturated rings. The van der Waals surface area contributed by atoms with Crippen molar-refractivity contribution in [2.75, 3.05) is 13.7 Å². The van der Waals surface area contributed by atoms with Crippen molar-refractivity contribution in [2.45, 2.75) is 38.1 Å². The summed E-state index contributed by atoms with van der Waals surface area (Å²) in [7, 11) is 1.74. The van der Waals surface area contributed by atoms with Gasteiger partial charge in [-0.25, -0.2) is 0 Å². The third kappa shape index (κ3) is 2.47. The second kappa shape index (κ2) is 4.69. The molecule has 92 valence electrons. The van der Waals surface area contributed by atoms with Gasteiger partial charge < -0.3 is 10.1 Å². The van der Waals surface area contributed by atoms with Crippen molar-refractivity contribution < 1.29 is 4.74 Å². The fourth-order valence-electron chi connectivity index (χ4n) is 2.79. The van der Waals surface area contributed by atoms with Gasteiger partial charge in [-0.1, -0.05) is 18.9 Å². The number of hydrogen-bond donors (Lipinski definition) is 1. The summed E-state index contributed by atoms with van der Waals surface area (Å²) < 4.78 is 5.31. The summed E-state index contributed by atoms with van der Waals surface area (Å²) in [5, 5.41) is 3.70. The summed E-state index contributed by atoms with van der Waals surface area (Å²) in [5.41, 5.74) is 2.95. The molecule has 0 radical (unpaired) electrons. The molecule has 1 saturated carbocycles. The van der Waals surface area contributed by atoms with Crippen LogP contribution < -0.4 is 10.1 Å². The Morgan fingerprint density at radius 1 is 1.29 bits per heavy atom. The van der Waals surface area contributed by atoms with E-state index in [0.29, 0.717) is 6.04 Å². The van der Waals surface area contributed by atoms with Crippen molar-refractivity contribution >= 4 is 0 Å². The highest BCUT2D eigenvalue weighted by Gasteiger charge is 2.24. The Kier molecular flexibility index (Phi) is 3.06. The molecule has 1 aromatic carbocycles. The van der Waals surface area contributed by atoms with Gasteiger partial charge in [0, 0.05) is 6.04 Å². The number of fused-ring (bicyclic) bond motifs is 1. The molecule has 0 aliphatic heterocycles. The summed E-state index contributed by atoms with van der Waals surface area (Å²) in [4.78, 5) is 0. The highest BCUT2D eigenvalue weighted by molar-refractivity contribution is 5.40. The Hall–Kier alpha value is -1.02. The van der Waals surface area contributed by atoms with E-state index in [1.54, 1.807) is 7.11 Å². The molecule has 2 nitrogen and oxygen atoms in total. The van der Waals surface area contributed by atoms with Crippen molar-refractivity contribution in [3.8, 4) is 5.75 Å². The van der Waals surface area contributed by atoms with E-state index in [1.807, 2.05) is 0 Å². The maximum absolute atomic E-state index is 5.31. The monoisotopic (exact) mass is 231 g/mol. The average molecular weight is 231 g/mol. The van der Waals surface area contributed by atoms with Crippen LogP contribution in [0.4, 0.5) is 0 Å². The zero-order valence-corrected chi connectivity index (χ0v) is 10.5. The van der Waals surface area contributed by atoms with Gasteiger partial charge in [0.15, 0.2) is 0 Å². The lowest BCUT2D eigenvalue weighted by Crippen LogP contribution is -2.20. The molecule has 0 aromatic heterocycles. The molecule has 0 spiro atoms. The minimum atomic E-state index is 0.554. The normalized spacial score (nSPS) is 22.5. The van der Waals surface area contributed by atoms with Crippen LogP contribution in [0.5, 0.6) is 5.75 Å². The first-order chi connectivity index (χ1) is 8.36. The Balaban J connectivity index is 1.63. The minimum absolute atomic E-state index is 0.554. The number of hydrogen-bond acceptors (Lipinski definition) is 2. The quantitative estimate of drug-likeness (QED) is 0.841. The Morgan fingerprint density at radius 2 is 2.18 bits per heavy atom. The largest absolute Gasteiger partial charge is 0.497 e. The predicted octanol–water partition coefficient (Wildman–Crippen LogP) is 3.07. The van der Waals surface area contributed by atoms with E-state index in [0.717, 1.165) is 11.7 Å². The third-order valence-electron chi connectivity index (χ3n) is 4.07. The van der Waals surface area contributed by atoms with Crippen molar-refractivity contribution in [3.05, 3.63) is 29.3 Å². The van der Waals surface area contributed by atoms with Crippen LogP contribution in [0.1, 0.15) is 42.9 Å². The van der Waals surface area contributed by atoms with Crippen molar-refractivity contribution in [3.63, 3.8) is 0 Å². The zero-order chi connectivity index (χ0) is 11.7. The summed E-state index contributed by atoms with van der Waals surface area (Å²) in [6.45, 7) is 1.17. The molecular weight excluding hydrogens is 210 g/mol. The zero-order valence-electron chi connectivity index (χ0n) is 10.5. The lowest BCUT2D eigenvalue weighted by atomic mass is 10.1. The van der Waals surface area contributed by atoms with E-state index in [4.69, 9.17) is 4.74 Å². The molecule has 0 amide bonds. The minimum Gasteiger partial charge on any atom is -0.497 e. The lowest BCUT2D eigenvalue weighted by Gasteiger charge is -2.14. The number of nitrogens with one attached hydrogen (secondary N) is 1. The summed E-state index contributed by atoms with van der Waals surface area (Å²) in [5.74, 6) is 2.01. The van der Waals surface area contributed by atoms with Crippen LogP contribution in [0.15, 0.2) is 18.2 Å². The molecule has 17 heavy (non-hydrogen) atoms. The van der Waals surface area contributed by atoms with Gasteiger partial charge in [-0.2, -0.15) is 0 Å². The van der Waals surface area contributed by atoms with Crippen molar-refractivity contribution in [2.24, 2.45) is 5.92 Å². The number of methoxy groups -OCH3 is 1. The van der Waals surface area contributed by atoms with E-state index in [1.165, 1.54) is 49.8 Å². The summed E-state index contributed by atoms with van der Waals surface area (Å²) in [6.07, 6.45) is 6.72. The smallest absolute Gasteiger partial charge is 0.119 e. The number of ether oxygens (including phenoxy) is 1. The molecule has 2 heteroatoms. The Bertz CT molecular complexity index is 398. The molecule has 1 unspecified atom stereocenters. The topological polar surface area (TPSA) is 21.3 Å². The summed E-state index contributed by atoms with van der Waals surface area (Å²) >= 11 is 0. The highest BCUT2D eigenvalue weighted by atomic mass is 16.5. The third-order valence-corrected chi connectivity index (χ3v) is 4.07. The van der Waals surface area contributed by atoms with Crippen LogP contribution in [0.25, 0.3) is 0 Å². The SMILES string of the molecule is COc1ccc2c(c1)C(NCCC1CC1)CC2. The van der Waals surface area contributed by atoms with Crippen LogP contribution in [0.2, 0.25) is 0 Å². The molecule has 1 N–H and O–H groups in total. The molecule has 0 heterocycles. The van der Waals surface area contributed by atoms with Gasteiger partial charge in [0.25, 0.3) is 0 Å². The van der Waals surface area contributed by atoms with E-state index in [9.17, 15) is 0 Å². The standard InChI is InChI=1S/C15H21NO/c1-17-13-6-4-12-5-7-15(14(12)10-13)16-9-8-11-2-3-11/h4,6,10-11,15-16H,2-3,5,7-9H2,1H3. The van der Waals surface area contributed by atoms with Crippen LogP contribution in [-0.4, -0.2) is 13.7 Å². The van der Waals surface area contributed by atoms with Crippen LogP contribution in [-0.2, 0) is 6.42 Å². The van der Waals surface area contributed by atoms with Gasteiger partial charge in [-0.3, -0.25) is 0 Å². The van der Waals surface area contributed by atoms with E-state index < -0.39 is 0 Å². The summed E-state index contributed by atoms with van der Waals surface area (Å²) in [6, 6.07) is 7.05. The molecule has 0 bridgehead atoms. The van der Waals surface area contributed by atoms with Gasteiger partial charge in [-0.15, -0.1) is 0 Å². The molecule has 1 atom stereocenters. The van der Waals surface area contributed by atoms with Crippen LogP contribution >= 0.6 is 0 Å². The van der Waals surface area contributed by atoms with E-state index in [2.05, 4.69) is 23.5 Å². The van der Waals surface area contributed by atoms with Gasteiger partial charge in [0.2, 0.25) is 0 Å². The Morgan fingerprint density at radius 3 is 2.94 bits per heavy atom. The van der Waals surface area contributed by atoms with Crippen molar-refractivity contribution in [1.82, 2.24) is 5.32 Å². The van der Waals surface area contributed by atoms with Crippen LogP contribution in [0.3, 0.4) is 0 Å². The Labute approximate surface area is 103 Å². The number of benzene rings is 1. The van der Waals surface area contributed by atoms with Gasteiger partial charge in [0.1, 0.15) is 5.75 Å². The maximum atomic E-state index is 5.31. The van der Waals surface area contributed by atoms with E-state index >= 15 is 0 Å². The fourth-order valence-corrected chi connectivity index (χ4v) is 2.79. The van der Waals surface area contributed by atoms with Crippen molar-refractivity contribution in [1.29, 1.82) is 0 Å². The van der Waals surface area contributed by atoms with Gasteiger partial charge in [0.05, 0.1) is 7.11 Å². The fraction of sp³-hybridized carbons (Fsp3) is 0.600. The first-order valence-electron chi connectivity index (χ1n) is 6.77. The van der Waals surface area contributed by atoms with Crippen LogP contribution in [0, 0.1) is 5.92 Å².